The molecule has 5 heteroatoms. The van der Waals surface area contributed by atoms with Crippen molar-refractivity contribution in [3.63, 3.8) is 0 Å². The van der Waals surface area contributed by atoms with Gasteiger partial charge in [-0.2, -0.15) is 0 Å². The number of hydrogen-bond donors (Lipinski definition) is 1. The van der Waals surface area contributed by atoms with Crippen LogP contribution in [0, 0.1) is 0 Å². The number of rotatable bonds is 4. The zero-order valence-corrected chi connectivity index (χ0v) is 9.35. The first kappa shape index (κ1) is 10.6. The number of carbonyl (C=O) groups excluding carboxylic acids is 1. The lowest BCUT2D eigenvalue weighted by Crippen LogP contribution is -2.10. The van der Waals surface area contributed by atoms with Crippen LogP contribution in [0.15, 0.2) is 28.6 Å². The quantitative estimate of drug-likeness (QED) is 0.826. The molecular weight excluding hydrogens is 230 g/mol. The highest BCUT2D eigenvalue weighted by molar-refractivity contribution is 8.01. The molecule has 3 nitrogen and oxygen atoms in total. The molecule has 1 aromatic heterocycles. The zero-order chi connectivity index (χ0) is 10.7. The Morgan fingerprint density at radius 1 is 1.53 bits per heavy atom. The number of aromatic nitrogens is 1. The van der Waals surface area contributed by atoms with Crippen molar-refractivity contribution in [3.8, 4) is 0 Å². The molecule has 1 atom stereocenters. The third-order valence-corrected chi connectivity index (χ3v) is 4.03. The third kappa shape index (κ3) is 2.56. The summed E-state index contributed by atoms with van der Waals surface area (Å²) in [4.78, 5) is 14.5. The fourth-order valence-electron chi connectivity index (χ4n) is 1.10. The van der Waals surface area contributed by atoms with Gasteiger partial charge in [-0.1, -0.05) is 23.9 Å². The van der Waals surface area contributed by atoms with Crippen LogP contribution >= 0.6 is 23.1 Å². The van der Waals surface area contributed by atoms with Gasteiger partial charge < -0.3 is 5.11 Å². The van der Waals surface area contributed by atoms with E-state index in [-0.39, 0.29) is 0 Å². The monoisotopic (exact) mass is 238 g/mol. The molecule has 0 aliphatic carbocycles. The first-order valence-corrected chi connectivity index (χ1v) is 6.14. The molecule has 0 fully saturated rings. The number of fused-ring (bicyclic) bond motifs is 1. The van der Waals surface area contributed by atoms with Crippen molar-refractivity contribution in [2.75, 3.05) is 5.75 Å². The highest BCUT2D eigenvalue weighted by Gasteiger charge is 2.07. The molecule has 15 heavy (non-hydrogen) atoms. The van der Waals surface area contributed by atoms with Crippen LogP contribution in [-0.2, 0) is 4.79 Å². The van der Waals surface area contributed by atoms with E-state index >= 15 is 0 Å². The van der Waals surface area contributed by atoms with Gasteiger partial charge in [0.05, 0.1) is 10.2 Å². The standard InChI is InChI=1S/C10H8NO2S2/c12-5-7(13)6-14-10-11-8-3-1-2-4-9(8)15-10/h1-4,7,13H,6H2. The average Bonchev–Trinajstić information content (AvgIpc) is 2.68. The summed E-state index contributed by atoms with van der Waals surface area (Å²) in [6.07, 6.45) is 0.505. The maximum Gasteiger partial charge on any atom is 0.230 e. The number of thioether (sulfide) groups is 1. The van der Waals surface area contributed by atoms with Gasteiger partial charge in [0, 0.05) is 5.75 Å². The minimum absolute atomic E-state index is 0.309. The highest BCUT2D eigenvalue weighted by Crippen LogP contribution is 2.29. The fourth-order valence-corrected chi connectivity index (χ4v) is 3.03. The van der Waals surface area contributed by atoms with Crippen LogP contribution in [0.3, 0.4) is 0 Å². The van der Waals surface area contributed by atoms with Crippen molar-refractivity contribution in [3.05, 3.63) is 24.3 Å². The van der Waals surface area contributed by atoms with Gasteiger partial charge in [0.15, 0.2) is 4.34 Å². The Balaban J connectivity index is 2.12. The van der Waals surface area contributed by atoms with Crippen LogP contribution in [0.4, 0.5) is 0 Å². The fraction of sp³-hybridized carbons (Fsp3) is 0.200. The summed E-state index contributed by atoms with van der Waals surface area (Å²) in [5.74, 6) is 0.309. The topological polar surface area (TPSA) is 50.2 Å². The van der Waals surface area contributed by atoms with Gasteiger partial charge in [-0.05, 0) is 12.1 Å². The summed E-state index contributed by atoms with van der Waals surface area (Å²) in [6.45, 7) is 0. The van der Waals surface area contributed by atoms with Gasteiger partial charge in [-0.25, -0.2) is 4.98 Å². The maximum absolute atomic E-state index is 10.1. The van der Waals surface area contributed by atoms with Gasteiger partial charge >= 0.3 is 0 Å². The van der Waals surface area contributed by atoms with Gasteiger partial charge in [0.2, 0.25) is 6.29 Å². The zero-order valence-electron chi connectivity index (χ0n) is 7.71. The highest BCUT2D eigenvalue weighted by atomic mass is 32.2. The average molecular weight is 238 g/mol. The van der Waals surface area contributed by atoms with Crippen LogP contribution in [0.1, 0.15) is 0 Å². The summed E-state index contributed by atoms with van der Waals surface area (Å²) in [7, 11) is 0. The lowest BCUT2D eigenvalue weighted by atomic mass is 10.3. The largest absolute Gasteiger partial charge is 0.384 e. The molecule has 1 unspecified atom stereocenters. The molecule has 0 saturated heterocycles. The number of nitrogens with zero attached hydrogens (tertiary/aromatic N) is 1. The molecular formula is C10H8NO2S2. The van der Waals surface area contributed by atoms with E-state index in [0.29, 0.717) is 5.75 Å². The number of hydrogen-bond acceptors (Lipinski definition) is 5. The minimum atomic E-state index is -1.03. The molecule has 0 bridgehead atoms. The van der Waals surface area contributed by atoms with Crippen molar-refractivity contribution in [1.82, 2.24) is 4.98 Å². The molecule has 1 aromatic carbocycles. The molecule has 1 radical (unpaired) electrons. The second-order valence-electron chi connectivity index (χ2n) is 2.89. The van der Waals surface area contributed by atoms with E-state index < -0.39 is 6.10 Å². The molecule has 77 valence electrons. The van der Waals surface area contributed by atoms with E-state index in [9.17, 15) is 4.79 Å². The van der Waals surface area contributed by atoms with E-state index in [1.807, 2.05) is 24.3 Å². The van der Waals surface area contributed by atoms with E-state index in [2.05, 4.69) is 4.98 Å². The SMILES string of the molecule is O=[C]C(O)CSc1nc2ccccc2s1. The summed E-state index contributed by atoms with van der Waals surface area (Å²) < 4.78 is 1.98. The van der Waals surface area contributed by atoms with Gasteiger partial charge in [0.1, 0.15) is 6.10 Å². The second-order valence-corrected chi connectivity index (χ2v) is 5.19. The molecule has 0 amide bonds. The van der Waals surface area contributed by atoms with Gasteiger partial charge in [-0.3, -0.25) is 4.79 Å². The van der Waals surface area contributed by atoms with Gasteiger partial charge in [0.25, 0.3) is 0 Å². The Morgan fingerprint density at radius 2 is 2.33 bits per heavy atom. The van der Waals surface area contributed by atoms with E-state index in [1.165, 1.54) is 18.0 Å². The Bertz CT molecular complexity index is 436. The van der Waals surface area contributed by atoms with Gasteiger partial charge in [-0.15, -0.1) is 11.3 Å². The summed E-state index contributed by atoms with van der Waals surface area (Å²) in [6, 6.07) is 7.84. The van der Waals surface area contributed by atoms with Crippen molar-refractivity contribution >= 4 is 39.6 Å². The lowest BCUT2D eigenvalue weighted by Gasteiger charge is -1.97. The first-order valence-electron chi connectivity index (χ1n) is 4.33. The molecule has 1 N–H and O–H groups in total. The lowest BCUT2D eigenvalue weighted by molar-refractivity contribution is 0.258. The Morgan fingerprint density at radius 3 is 3.07 bits per heavy atom. The number of benzene rings is 1. The number of aliphatic hydroxyl groups is 1. The smallest absolute Gasteiger partial charge is 0.230 e. The molecule has 0 aliphatic rings. The van der Waals surface area contributed by atoms with Crippen molar-refractivity contribution in [2.24, 2.45) is 0 Å². The van der Waals surface area contributed by atoms with Crippen LogP contribution in [-0.4, -0.2) is 28.2 Å². The molecule has 2 aromatic rings. The van der Waals surface area contributed by atoms with Crippen LogP contribution < -0.4 is 0 Å². The van der Waals surface area contributed by atoms with E-state index in [1.54, 1.807) is 11.3 Å². The Labute approximate surface area is 95.1 Å². The number of aliphatic hydroxyl groups excluding tert-OH is 1. The molecule has 0 spiro atoms. The predicted octanol–water partition coefficient (Wildman–Crippen LogP) is 1.86. The van der Waals surface area contributed by atoms with E-state index in [0.717, 1.165) is 14.6 Å². The van der Waals surface area contributed by atoms with Crippen LogP contribution in [0.25, 0.3) is 10.2 Å². The second kappa shape index (κ2) is 4.74. The first-order chi connectivity index (χ1) is 7.29. The number of para-hydroxylation sites is 1. The molecule has 1 heterocycles. The van der Waals surface area contributed by atoms with Crippen molar-refractivity contribution in [2.45, 2.75) is 10.4 Å². The predicted molar refractivity (Wildman–Crippen MR) is 62.0 cm³/mol. The molecule has 0 saturated carbocycles. The molecule has 0 aliphatic heterocycles. The summed E-state index contributed by atoms with van der Waals surface area (Å²) in [5.41, 5.74) is 0.953. The third-order valence-electron chi connectivity index (χ3n) is 1.77. The Kier molecular flexibility index (Phi) is 3.35. The summed E-state index contributed by atoms with van der Waals surface area (Å²) in [5, 5.41) is 9.03. The Hall–Kier alpha value is -0.910. The minimum Gasteiger partial charge on any atom is -0.384 e. The normalized spacial score (nSPS) is 12.9. The van der Waals surface area contributed by atoms with E-state index in [4.69, 9.17) is 5.11 Å². The van der Waals surface area contributed by atoms with Crippen molar-refractivity contribution in [1.29, 1.82) is 0 Å². The summed E-state index contributed by atoms with van der Waals surface area (Å²) >= 11 is 2.93. The van der Waals surface area contributed by atoms with Crippen LogP contribution in [0.2, 0.25) is 0 Å². The number of thiazole rings is 1. The maximum atomic E-state index is 10.1. The van der Waals surface area contributed by atoms with Crippen molar-refractivity contribution < 1.29 is 9.90 Å². The van der Waals surface area contributed by atoms with Crippen LogP contribution in [0.5, 0.6) is 0 Å². The molecule has 2 rings (SSSR count).